The summed E-state index contributed by atoms with van der Waals surface area (Å²) < 4.78 is 33.1. The first kappa shape index (κ1) is 47.6. The van der Waals surface area contributed by atoms with E-state index in [1.807, 2.05) is 0 Å². The zero-order chi connectivity index (χ0) is 41.7. The topological polar surface area (TPSA) is 391 Å². The summed E-state index contributed by atoms with van der Waals surface area (Å²) in [5, 5.41) is 110. The highest BCUT2D eigenvalue weighted by Gasteiger charge is 2.52. The Morgan fingerprint density at radius 2 is 1.16 bits per heavy atom. The number of aliphatic hydroxyl groups excluding tert-OH is 10. The van der Waals surface area contributed by atoms with Gasteiger partial charge in [-0.05, 0) is 6.42 Å². The van der Waals surface area contributed by atoms with Gasteiger partial charge in [0.05, 0.1) is 46.1 Å². The maximum atomic E-state index is 12.4. The van der Waals surface area contributed by atoms with Gasteiger partial charge in [0, 0.05) is 26.6 Å². The van der Waals surface area contributed by atoms with Crippen molar-refractivity contribution in [3.8, 4) is 0 Å². The van der Waals surface area contributed by atoms with E-state index in [-0.39, 0.29) is 52.2 Å². The van der Waals surface area contributed by atoms with Crippen LogP contribution in [0.2, 0.25) is 0 Å². The molecule has 0 aliphatic carbocycles. The fraction of sp³-hybridized carbons (Fsp3) is 0.871. The molecule has 3 aliphatic rings. The molecule has 56 heavy (non-hydrogen) atoms. The van der Waals surface area contributed by atoms with Crippen LogP contribution in [0.1, 0.15) is 12.8 Å². The summed E-state index contributed by atoms with van der Waals surface area (Å²) in [6.45, 7) is -3.40. The molecule has 0 bridgehead atoms. The highest BCUT2D eigenvalue weighted by molar-refractivity contribution is 5.83. The van der Waals surface area contributed by atoms with Crippen LogP contribution in [-0.4, -0.2) is 238 Å². The minimum Gasteiger partial charge on any atom is -0.394 e. The molecule has 0 aromatic carbocycles. The number of nitrogens with one attached hydrogen (secondary N) is 3. The molecule has 324 valence electrons. The Bertz CT molecular complexity index is 1250. The summed E-state index contributed by atoms with van der Waals surface area (Å²) in [6.07, 6.45) is -25.4. The van der Waals surface area contributed by atoms with E-state index in [0.29, 0.717) is 0 Å². The normalized spacial score (nSPS) is 36.2. The zero-order valence-corrected chi connectivity index (χ0v) is 30.5. The molecule has 25 heteroatoms. The van der Waals surface area contributed by atoms with Crippen molar-refractivity contribution in [3.05, 3.63) is 0 Å². The first-order chi connectivity index (χ1) is 26.5. The number of aliphatic hydroxyl groups is 10. The molecule has 0 spiro atoms. The molecule has 0 saturated carbocycles. The molecule has 15 atom stereocenters. The minimum atomic E-state index is -1.92. The van der Waals surface area contributed by atoms with Gasteiger partial charge >= 0.3 is 0 Å². The van der Waals surface area contributed by atoms with Gasteiger partial charge in [0.15, 0.2) is 18.9 Å². The SMILES string of the molecule is CNC(=O)CN(CC(N)=O)CC(=O)NCCCC(=O)NCCO[C@H]1O[C@H](CO[C@H]2O[C@H](CO)[C@@H](O)[C@H](O)[C@@H]2O)[C@@H](O)[C@H](O[C@H]2O[C@H](CO)[C@@H](O)[C@H](O)[C@@H]2O)[C@@H]1O. The number of carbonyl (C=O) groups is 4. The van der Waals surface area contributed by atoms with Crippen molar-refractivity contribution in [1.82, 2.24) is 20.9 Å². The first-order valence-corrected chi connectivity index (χ1v) is 17.8. The molecular formula is C31H55N5O20. The second-order valence-corrected chi connectivity index (χ2v) is 13.3. The molecule has 0 aromatic rings. The van der Waals surface area contributed by atoms with E-state index < -0.39 is 136 Å². The van der Waals surface area contributed by atoms with Crippen molar-refractivity contribution in [3.63, 3.8) is 0 Å². The third-order valence-electron chi connectivity index (χ3n) is 9.06. The van der Waals surface area contributed by atoms with Crippen LogP contribution in [0.3, 0.4) is 0 Å². The lowest BCUT2D eigenvalue weighted by Gasteiger charge is -2.46. The van der Waals surface area contributed by atoms with E-state index in [1.165, 1.54) is 11.9 Å². The van der Waals surface area contributed by atoms with Gasteiger partial charge in [-0.25, -0.2) is 0 Å². The molecular weight excluding hydrogens is 762 g/mol. The van der Waals surface area contributed by atoms with E-state index in [9.17, 15) is 70.2 Å². The van der Waals surface area contributed by atoms with Gasteiger partial charge in [-0.1, -0.05) is 0 Å². The maximum Gasteiger partial charge on any atom is 0.234 e. The Morgan fingerprint density at radius 3 is 1.75 bits per heavy atom. The molecule has 3 heterocycles. The Morgan fingerprint density at radius 1 is 0.625 bits per heavy atom. The number of likely N-dealkylation sites (N-methyl/N-ethyl adjacent to an activating group) is 1. The van der Waals surface area contributed by atoms with E-state index in [1.54, 1.807) is 0 Å². The van der Waals surface area contributed by atoms with Gasteiger partial charge in [0.25, 0.3) is 0 Å². The van der Waals surface area contributed by atoms with E-state index in [2.05, 4.69) is 16.0 Å². The van der Waals surface area contributed by atoms with Gasteiger partial charge in [-0.2, -0.15) is 0 Å². The van der Waals surface area contributed by atoms with Gasteiger partial charge in [-0.3, -0.25) is 24.1 Å². The van der Waals surface area contributed by atoms with Crippen molar-refractivity contribution in [2.75, 3.05) is 66.2 Å². The van der Waals surface area contributed by atoms with Gasteiger partial charge in [0.2, 0.25) is 23.6 Å². The average Bonchev–Trinajstić information content (AvgIpc) is 3.16. The molecule has 3 fully saturated rings. The lowest BCUT2D eigenvalue weighted by Crippen LogP contribution is -2.65. The summed E-state index contributed by atoms with van der Waals surface area (Å²) in [5.74, 6) is -2.12. The molecule has 3 rings (SSSR count). The predicted molar refractivity (Wildman–Crippen MR) is 180 cm³/mol. The van der Waals surface area contributed by atoms with E-state index in [0.717, 1.165) is 0 Å². The van der Waals surface area contributed by atoms with Crippen LogP contribution in [0.25, 0.3) is 0 Å². The van der Waals surface area contributed by atoms with Crippen LogP contribution in [0.5, 0.6) is 0 Å². The molecule has 0 radical (unpaired) electrons. The van der Waals surface area contributed by atoms with Gasteiger partial charge in [-0.15, -0.1) is 0 Å². The quantitative estimate of drug-likeness (QED) is 0.0478. The lowest BCUT2D eigenvalue weighted by atomic mass is 9.96. The van der Waals surface area contributed by atoms with Crippen LogP contribution in [-0.2, 0) is 47.6 Å². The second-order valence-electron chi connectivity index (χ2n) is 13.3. The zero-order valence-electron chi connectivity index (χ0n) is 30.5. The molecule has 3 saturated heterocycles. The van der Waals surface area contributed by atoms with Gasteiger partial charge in [0.1, 0.15) is 73.2 Å². The van der Waals surface area contributed by atoms with Crippen molar-refractivity contribution < 1.29 is 98.7 Å². The molecule has 3 aliphatic heterocycles. The first-order valence-electron chi connectivity index (χ1n) is 17.8. The fourth-order valence-electron chi connectivity index (χ4n) is 5.93. The van der Waals surface area contributed by atoms with Crippen LogP contribution in [0, 0.1) is 0 Å². The molecule has 0 unspecified atom stereocenters. The monoisotopic (exact) mass is 817 g/mol. The molecule has 0 aromatic heterocycles. The number of hydrogen-bond donors (Lipinski definition) is 14. The predicted octanol–water partition coefficient (Wildman–Crippen LogP) is -10.0. The number of rotatable bonds is 21. The number of primary amides is 1. The average molecular weight is 818 g/mol. The van der Waals surface area contributed by atoms with Crippen molar-refractivity contribution in [2.24, 2.45) is 5.73 Å². The Balaban J connectivity index is 1.56. The highest BCUT2D eigenvalue weighted by Crippen LogP contribution is 2.31. The summed E-state index contributed by atoms with van der Waals surface area (Å²) in [5.41, 5.74) is 5.17. The third-order valence-corrected chi connectivity index (χ3v) is 9.06. The summed E-state index contributed by atoms with van der Waals surface area (Å²) >= 11 is 0. The Hall–Kier alpha value is -2.80. The van der Waals surface area contributed by atoms with Crippen molar-refractivity contribution >= 4 is 23.6 Å². The fourth-order valence-corrected chi connectivity index (χ4v) is 5.93. The number of nitrogens with two attached hydrogens (primary N) is 1. The smallest absolute Gasteiger partial charge is 0.234 e. The molecule has 4 amide bonds. The lowest BCUT2D eigenvalue weighted by molar-refractivity contribution is -0.366. The van der Waals surface area contributed by atoms with Crippen LogP contribution >= 0.6 is 0 Å². The maximum absolute atomic E-state index is 12.4. The minimum absolute atomic E-state index is 0.0371. The summed E-state index contributed by atoms with van der Waals surface area (Å²) in [7, 11) is 1.40. The van der Waals surface area contributed by atoms with Crippen molar-refractivity contribution in [2.45, 2.75) is 105 Å². The number of ether oxygens (including phenoxy) is 6. The van der Waals surface area contributed by atoms with E-state index in [4.69, 9.17) is 34.2 Å². The number of amides is 4. The largest absolute Gasteiger partial charge is 0.394 e. The van der Waals surface area contributed by atoms with E-state index >= 15 is 0 Å². The number of hydrogen-bond acceptors (Lipinski definition) is 21. The standard InChI is InChI=1S/C31H55N5O20/c1-33-18(41)8-36(7-16(32)39)9-19(42)34-4-2-3-17(40)35-5-6-51-30-27(50)28(56-31-26(49)24(47)21(44)14(11-38)54-31)22(45)15(55-30)12-52-29-25(48)23(46)20(43)13(10-37)53-29/h13-15,20-31,37-38,43-50H,2-12H2,1H3,(H2,32,39)(H,33,41)(H,34,42)(H,35,40)/t13-,14-,15-,20-,21-,22-,23+,24+,25+,26+,27+,28+,29+,30+,31-/m1/s1. The molecule has 15 N–H and O–H groups in total. The number of carbonyl (C=O) groups excluding carboxylic acids is 4. The number of nitrogens with zero attached hydrogens (tertiary/aromatic N) is 1. The Kier molecular flexibility index (Phi) is 19.5. The second kappa shape index (κ2) is 23.0. The van der Waals surface area contributed by atoms with Crippen LogP contribution in [0.15, 0.2) is 0 Å². The highest BCUT2D eigenvalue weighted by atomic mass is 16.7. The van der Waals surface area contributed by atoms with Crippen molar-refractivity contribution in [1.29, 1.82) is 0 Å². The third kappa shape index (κ3) is 13.4. The summed E-state index contributed by atoms with van der Waals surface area (Å²) in [6, 6.07) is 0. The summed E-state index contributed by atoms with van der Waals surface area (Å²) in [4.78, 5) is 48.8. The van der Waals surface area contributed by atoms with Crippen LogP contribution in [0.4, 0.5) is 0 Å². The van der Waals surface area contributed by atoms with Crippen LogP contribution < -0.4 is 21.7 Å². The Labute approximate surface area is 320 Å². The molecule has 25 nitrogen and oxygen atoms in total. The van der Waals surface area contributed by atoms with Gasteiger partial charge < -0.3 is 101 Å².